The van der Waals surface area contributed by atoms with Gasteiger partial charge in [-0.1, -0.05) is 41.6 Å². The monoisotopic (exact) mass is 530 g/mol. The number of aliphatic carboxylic acids is 1. The molecule has 10 nitrogen and oxygen atoms in total. The summed E-state index contributed by atoms with van der Waals surface area (Å²) in [7, 11) is 0. The van der Waals surface area contributed by atoms with Crippen molar-refractivity contribution in [3.05, 3.63) is 59.9 Å². The molecule has 2 aromatic carbocycles. The van der Waals surface area contributed by atoms with E-state index in [1.165, 1.54) is 16.9 Å². The average molecular weight is 531 g/mol. The summed E-state index contributed by atoms with van der Waals surface area (Å²) in [5.41, 5.74) is 0.183. The number of carboxylic acids is 1. The molecule has 12 heteroatoms. The number of para-hydroxylation sites is 1. The van der Waals surface area contributed by atoms with Crippen LogP contribution in [-0.2, 0) is 21.5 Å². The first-order valence-electron chi connectivity index (χ1n) is 11.8. The van der Waals surface area contributed by atoms with Gasteiger partial charge in [-0.3, -0.25) is 0 Å². The van der Waals surface area contributed by atoms with E-state index in [2.05, 4.69) is 25.1 Å². The van der Waals surface area contributed by atoms with Gasteiger partial charge in [-0.05, 0) is 51.8 Å². The maximum Gasteiger partial charge on any atom is 0.586 e. The molecule has 38 heavy (non-hydrogen) atoms. The van der Waals surface area contributed by atoms with Crippen LogP contribution in [0.1, 0.15) is 51.9 Å². The Hall–Kier alpha value is -4.22. The Morgan fingerprint density at radius 1 is 1.13 bits per heavy atom. The maximum absolute atomic E-state index is 13.6. The van der Waals surface area contributed by atoms with E-state index >= 15 is 0 Å². The first-order chi connectivity index (χ1) is 17.6. The SMILES string of the molecule is CC(C)(C)OC(=O)NC(C)(C)c1cn(C(Cc2cccc(-c3cccc4c3OC(F)(F)O4)c2)C(=O)O)nn1. The zero-order chi connectivity index (χ0) is 27.9. The third-order valence-electron chi connectivity index (χ3n) is 5.66. The second-order valence-electron chi connectivity index (χ2n) is 10.4. The molecule has 0 radical (unpaired) electrons. The fourth-order valence-corrected chi connectivity index (χ4v) is 3.92. The summed E-state index contributed by atoms with van der Waals surface area (Å²) in [4.78, 5) is 24.4. The lowest BCUT2D eigenvalue weighted by Crippen LogP contribution is -2.44. The van der Waals surface area contributed by atoms with Crippen LogP contribution in [0.25, 0.3) is 11.1 Å². The second kappa shape index (κ2) is 9.58. The lowest BCUT2D eigenvalue weighted by atomic mass is 9.98. The number of nitrogens with zero attached hydrogens (tertiary/aromatic N) is 3. The standard InChI is InChI=1S/C26H28F2N4O6/c1-24(2,3)38-23(35)29-25(4,5)20-14-32(31-30-20)18(22(33)34)13-15-8-6-9-16(12-15)17-10-7-11-19-21(17)37-26(27,28)36-19/h6-12,14,18H,13H2,1-5H3,(H,29,35)(H,33,34). The van der Waals surface area contributed by atoms with Gasteiger partial charge in [0.15, 0.2) is 17.5 Å². The predicted molar refractivity (Wildman–Crippen MR) is 131 cm³/mol. The van der Waals surface area contributed by atoms with Gasteiger partial charge in [0, 0.05) is 12.0 Å². The molecule has 0 saturated heterocycles. The van der Waals surface area contributed by atoms with Gasteiger partial charge in [0.2, 0.25) is 0 Å². The summed E-state index contributed by atoms with van der Waals surface area (Å²) in [5.74, 6) is -1.33. The summed E-state index contributed by atoms with van der Waals surface area (Å²) < 4.78 is 43.0. The smallest absolute Gasteiger partial charge is 0.480 e. The highest BCUT2D eigenvalue weighted by molar-refractivity contribution is 5.76. The number of amides is 1. The van der Waals surface area contributed by atoms with Gasteiger partial charge >= 0.3 is 18.4 Å². The molecule has 3 aromatic rings. The number of carboxylic acid groups (broad SMARTS) is 1. The molecule has 4 rings (SSSR count). The first-order valence-corrected chi connectivity index (χ1v) is 11.8. The number of ether oxygens (including phenoxy) is 3. The number of hydrogen-bond acceptors (Lipinski definition) is 7. The van der Waals surface area contributed by atoms with Gasteiger partial charge in [0.25, 0.3) is 0 Å². The van der Waals surface area contributed by atoms with Crippen LogP contribution in [0.5, 0.6) is 11.5 Å². The van der Waals surface area contributed by atoms with Crippen LogP contribution < -0.4 is 14.8 Å². The topological polar surface area (TPSA) is 125 Å². The average Bonchev–Trinajstić information content (AvgIpc) is 3.39. The third kappa shape index (κ3) is 6.01. The van der Waals surface area contributed by atoms with Crippen LogP contribution in [0.2, 0.25) is 0 Å². The van der Waals surface area contributed by atoms with E-state index in [1.54, 1.807) is 71.0 Å². The molecule has 202 valence electrons. The quantitative estimate of drug-likeness (QED) is 0.442. The number of carbonyl (C=O) groups excluding carboxylic acids is 1. The molecule has 1 atom stereocenters. The number of fused-ring (bicyclic) bond motifs is 1. The summed E-state index contributed by atoms with van der Waals surface area (Å²) >= 11 is 0. The van der Waals surface area contributed by atoms with Crippen molar-refractivity contribution >= 4 is 12.1 Å². The molecule has 1 aliphatic heterocycles. The molecule has 0 spiro atoms. The maximum atomic E-state index is 13.6. The Morgan fingerprint density at radius 3 is 2.53 bits per heavy atom. The van der Waals surface area contributed by atoms with E-state index in [0.717, 1.165) is 0 Å². The summed E-state index contributed by atoms with van der Waals surface area (Å²) in [5, 5.41) is 20.7. The van der Waals surface area contributed by atoms with Crippen LogP contribution in [-0.4, -0.2) is 44.1 Å². The zero-order valence-electron chi connectivity index (χ0n) is 21.5. The van der Waals surface area contributed by atoms with Gasteiger partial charge < -0.3 is 24.6 Å². The molecule has 0 bridgehead atoms. The predicted octanol–water partition coefficient (Wildman–Crippen LogP) is 4.89. The highest BCUT2D eigenvalue weighted by atomic mass is 19.3. The number of hydrogen-bond donors (Lipinski definition) is 2. The van der Waals surface area contributed by atoms with Crippen molar-refractivity contribution in [3.63, 3.8) is 0 Å². The fourth-order valence-electron chi connectivity index (χ4n) is 3.92. The van der Waals surface area contributed by atoms with E-state index < -0.39 is 35.5 Å². The number of alkyl carbamates (subject to hydrolysis) is 1. The highest BCUT2D eigenvalue weighted by Gasteiger charge is 2.44. The van der Waals surface area contributed by atoms with Crippen molar-refractivity contribution in [2.45, 2.75) is 64.5 Å². The van der Waals surface area contributed by atoms with Gasteiger partial charge in [0.05, 0.1) is 11.7 Å². The number of rotatable bonds is 7. The normalized spacial score (nSPS) is 15.1. The third-order valence-corrected chi connectivity index (χ3v) is 5.66. The van der Waals surface area contributed by atoms with Gasteiger partial charge in [-0.25, -0.2) is 14.3 Å². The molecular weight excluding hydrogens is 502 g/mol. The van der Waals surface area contributed by atoms with E-state index in [1.807, 2.05) is 0 Å². The molecule has 1 aromatic heterocycles. The lowest BCUT2D eigenvalue weighted by Gasteiger charge is -2.27. The number of halogens is 2. The summed E-state index contributed by atoms with van der Waals surface area (Å²) in [6, 6.07) is 10.2. The highest BCUT2D eigenvalue weighted by Crippen LogP contribution is 2.47. The molecule has 0 saturated carbocycles. The van der Waals surface area contributed by atoms with Crippen LogP contribution in [0.4, 0.5) is 13.6 Å². The number of nitrogens with one attached hydrogen (secondary N) is 1. The minimum atomic E-state index is -3.76. The number of aromatic nitrogens is 3. The molecule has 1 amide bonds. The number of carbonyl (C=O) groups is 2. The van der Waals surface area contributed by atoms with Gasteiger partial charge in [-0.15, -0.1) is 13.9 Å². The van der Waals surface area contributed by atoms with Crippen molar-refractivity contribution in [2.75, 3.05) is 0 Å². The minimum absolute atomic E-state index is 0.0223. The van der Waals surface area contributed by atoms with E-state index in [9.17, 15) is 23.5 Å². The summed E-state index contributed by atoms with van der Waals surface area (Å²) in [6.45, 7) is 8.60. The molecule has 0 fully saturated rings. The number of alkyl halides is 2. The largest absolute Gasteiger partial charge is 0.586 e. The van der Waals surface area contributed by atoms with E-state index in [0.29, 0.717) is 22.4 Å². The van der Waals surface area contributed by atoms with E-state index in [-0.39, 0.29) is 17.9 Å². The molecule has 1 unspecified atom stereocenters. The Morgan fingerprint density at radius 2 is 1.84 bits per heavy atom. The fraction of sp³-hybridized carbons (Fsp3) is 0.385. The first kappa shape index (κ1) is 26.8. The van der Waals surface area contributed by atoms with Crippen LogP contribution in [0, 0.1) is 0 Å². The van der Waals surface area contributed by atoms with Crippen molar-refractivity contribution in [2.24, 2.45) is 0 Å². The molecule has 0 aliphatic carbocycles. The molecule has 2 heterocycles. The van der Waals surface area contributed by atoms with Gasteiger partial charge in [-0.2, -0.15) is 0 Å². The lowest BCUT2D eigenvalue weighted by molar-refractivity contribution is -0.286. The Bertz CT molecular complexity index is 1370. The Labute approximate surface area is 217 Å². The molecule has 2 N–H and O–H groups in total. The van der Waals surface area contributed by atoms with Gasteiger partial charge in [0.1, 0.15) is 11.3 Å². The van der Waals surface area contributed by atoms with Crippen LogP contribution in [0.3, 0.4) is 0 Å². The summed E-state index contributed by atoms with van der Waals surface area (Å²) in [6.07, 6.45) is -2.93. The van der Waals surface area contributed by atoms with Crippen molar-refractivity contribution in [3.8, 4) is 22.6 Å². The van der Waals surface area contributed by atoms with Crippen LogP contribution >= 0.6 is 0 Å². The Kier molecular flexibility index (Phi) is 6.77. The second-order valence-corrected chi connectivity index (χ2v) is 10.4. The zero-order valence-corrected chi connectivity index (χ0v) is 21.5. The molecule has 1 aliphatic rings. The number of benzene rings is 2. The minimum Gasteiger partial charge on any atom is -0.480 e. The molecular formula is C26H28F2N4O6. The van der Waals surface area contributed by atoms with Crippen molar-refractivity contribution < 1.29 is 37.7 Å². The Balaban J connectivity index is 1.55. The van der Waals surface area contributed by atoms with Crippen molar-refractivity contribution in [1.29, 1.82) is 0 Å². The van der Waals surface area contributed by atoms with E-state index in [4.69, 9.17) is 4.74 Å². The van der Waals surface area contributed by atoms with Crippen molar-refractivity contribution in [1.82, 2.24) is 20.3 Å². The van der Waals surface area contributed by atoms with Crippen LogP contribution in [0.15, 0.2) is 48.7 Å².